The van der Waals surface area contributed by atoms with Gasteiger partial charge >= 0.3 is 0 Å². The second-order valence-corrected chi connectivity index (χ2v) is 6.80. The van der Waals surface area contributed by atoms with Crippen LogP contribution in [0, 0.1) is 0 Å². The van der Waals surface area contributed by atoms with Crippen LogP contribution in [0.4, 0.5) is 0 Å². The molecule has 0 spiro atoms. The van der Waals surface area contributed by atoms with Crippen LogP contribution in [0.5, 0.6) is 0 Å². The van der Waals surface area contributed by atoms with Crippen molar-refractivity contribution in [1.29, 1.82) is 0 Å². The Kier molecular flexibility index (Phi) is 5.81. The Bertz CT molecular complexity index is 1000. The molecule has 4 rings (SSSR count). The molecule has 0 fully saturated rings. The second kappa shape index (κ2) is 9.02. The number of aryl methyl sites for hydroxylation is 1. The van der Waals surface area contributed by atoms with Crippen LogP contribution in [0.25, 0.3) is 11.3 Å². The smallest absolute Gasteiger partial charge is 0.221 e. The lowest BCUT2D eigenvalue weighted by atomic mass is 10.0. The maximum Gasteiger partial charge on any atom is 0.221 e. The van der Waals surface area contributed by atoms with Gasteiger partial charge in [-0.2, -0.15) is 0 Å². The maximum absolute atomic E-state index is 12.7. The molecule has 4 aromatic rings. The van der Waals surface area contributed by atoms with E-state index in [0.717, 1.165) is 28.3 Å². The number of nitrogens with zero attached hydrogens (tertiary/aromatic N) is 1. The van der Waals surface area contributed by atoms with Crippen LogP contribution < -0.4 is 5.32 Å². The third-order valence-corrected chi connectivity index (χ3v) is 4.74. The number of carbonyl (C=O) groups is 1. The number of benzene rings is 2. The lowest BCUT2D eigenvalue weighted by Crippen LogP contribution is -2.30. The van der Waals surface area contributed by atoms with E-state index in [9.17, 15) is 4.79 Å². The molecular formula is C25H22N2O2. The van der Waals surface area contributed by atoms with Gasteiger partial charge in [0.25, 0.3) is 0 Å². The van der Waals surface area contributed by atoms with E-state index in [1.807, 2.05) is 91.0 Å². The molecule has 0 aliphatic rings. The van der Waals surface area contributed by atoms with Crippen molar-refractivity contribution in [2.24, 2.45) is 0 Å². The van der Waals surface area contributed by atoms with Gasteiger partial charge in [0.1, 0.15) is 11.5 Å². The fraction of sp³-hybridized carbons (Fsp3) is 0.120. The Labute approximate surface area is 170 Å². The van der Waals surface area contributed by atoms with Crippen LogP contribution in [0.1, 0.15) is 29.5 Å². The molecular weight excluding hydrogens is 360 g/mol. The number of rotatable bonds is 7. The molecule has 0 bridgehead atoms. The van der Waals surface area contributed by atoms with Crippen molar-refractivity contribution in [3.63, 3.8) is 0 Å². The lowest BCUT2D eigenvalue weighted by Gasteiger charge is -2.18. The number of nitrogens with one attached hydrogen (secondary N) is 1. The highest BCUT2D eigenvalue weighted by atomic mass is 16.3. The molecule has 0 saturated carbocycles. The minimum absolute atomic E-state index is 0.0397. The van der Waals surface area contributed by atoms with Crippen molar-refractivity contribution >= 4 is 5.91 Å². The summed E-state index contributed by atoms with van der Waals surface area (Å²) < 4.78 is 5.90. The van der Waals surface area contributed by atoms with Crippen molar-refractivity contribution in [3.05, 3.63) is 114 Å². The molecule has 1 N–H and O–H groups in total. The van der Waals surface area contributed by atoms with Crippen LogP contribution >= 0.6 is 0 Å². The van der Waals surface area contributed by atoms with Crippen LogP contribution in [0.2, 0.25) is 0 Å². The molecule has 1 unspecified atom stereocenters. The summed E-state index contributed by atoms with van der Waals surface area (Å²) in [6, 6.07) is 29.2. The summed E-state index contributed by atoms with van der Waals surface area (Å²) in [5.74, 6) is 1.58. The molecule has 2 heterocycles. The topological polar surface area (TPSA) is 55.1 Å². The maximum atomic E-state index is 12.7. The summed E-state index contributed by atoms with van der Waals surface area (Å²) in [4.78, 5) is 17.1. The highest BCUT2D eigenvalue weighted by Crippen LogP contribution is 2.23. The standard InChI is InChI=1S/C25H22N2O2/c28-24(17-15-21-14-16-23(29-21)19-9-3-1-4-10-19)27-25(20-11-5-2-6-12-20)22-13-7-8-18-26-22/h1-14,16,18,25H,15,17H2,(H,27,28). The molecule has 0 radical (unpaired) electrons. The van der Waals surface area contributed by atoms with Crippen molar-refractivity contribution in [3.8, 4) is 11.3 Å². The van der Waals surface area contributed by atoms with Crippen LogP contribution in [-0.2, 0) is 11.2 Å². The summed E-state index contributed by atoms with van der Waals surface area (Å²) >= 11 is 0. The van der Waals surface area contributed by atoms with Gasteiger partial charge in [-0.3, -0.25) is 9.78 Å². The van der Waals surface area contributed by atoms with Gasteiger partial charge in [0, 0.05) is 24.6 Å². The summed E-state index contributed by atoms with van der Waals surface area (Å²) in [7, 11) is 0. The molecule has 1 amide bonds. The Morgan fingerprint density at radius 1 is 0.862 bits per heavy atom. The SMILES string of the molecule is O=C(CCc1ccc(-c2ccccc2)o1)NC(c1ccccc1)c1ccccn1. The summed E-state index contributed by atoms with van der Waals surface area (Å²) in [5.41, 5.74) is 2.85. The summed E-state index contributed by atoms with van der Waals surface area (Å²) in [6.07, 6.45) is 2.63. The van der Waals surface area contributed by atoms with Crippen LogP contribution in [0.3, 0.4) is 0 Å². The van der Waals surface area contributed by atoms with Crippen molar-refractivity contribution in [1.82, 2.24) is 10.3 Å². The molecule has 0 aliphatic heterocycles. The number of furan rings is 1. The minimum atomic E-state index is -0.276. The highest BCUT2D eigenvalue weighted by molar-refractivity contribution is 5.77. The number of amides is 1. The summed E-state index contributed by atoms with van der Waals surface area (Å²) in [5, 5.41) is 3.12. The third kappa shape index (κ3) is 4.79. The molecule has 2 aromatic heterocycles. The van der Waals surface area contributed by atoms with Crippen molar-refractivity contribution < 1.29 is 9.21 Å². The van der Waals surface area contributed by atoms with Gasteiger partial charge in [-0.1, -0.05) is 66.7 Å². The quantitative estimate of drug-likeness (QED) is 0.479. The average molecular weight is 382 g/mol. The predicted octanol–water partition coefficient (Wildman–Crippen LogP) is 5.18. The van der Waals surface area contributed by atoms with Crippen molar-refractivity contribution in [2.75, 3.05) is 0 Å². The predicted molar refractivity (Wildman–Crippen MR) is 113 cm³/mol. The first kappa shape index (κ1) is 18.7. The minimum Gasteiger partial charge on any atom is -0.461 e. The van der Waals surface area contributed by atoms with E-state index in [2.05, 4.69) is 10.3 Å². The second-order valence-electron chi connectivity index (χ2n) is 6.80. The van der Waals surface area contributed by atoms with Gasteiger partial charge in [-0.05, 0) is 29.8 Å². The molecule has 1 atom stereocenters. The first-order valence-electron chi connectivity index (χ1n) is 9.69. The van der Waals surface area contributed by atoms with E-state index in [0.29, 0.717) is 12.8 Å². The zero-order valence-electron chi connectivity index (χ0n) is 16.0. The zero-order valence-corrected chi connectivity index (χ0v) is 16.0. The molecule has 0 saturated heterocycles. The van der Waals surface area contributed by atoms with Gasteiger partial charge in [0.15, 0.2) is 0 Å². The zero-order chi connectivity index (χ0) is 19.9. The van der Waals surface area contributed by atoms with E-state index < -0.39 is 0 Å². The third-order valence-electron chi connectivity index (χ3n) is 4.74. The fourth-order valence-corrected chi connectivity index (χ4v) is 3.26. The first-order valence-corrected chi connectivity index (χ1v) is 9.69. The number of hydrogen-bond donors (Lipinski definition) is 1. The summed E-state index contributed by atoms with van der Waals surface area (Å²) in [6.45, 7) is 0. The van der Waals surface area contributed by atoms with E-state index in [1.165, 1.54) is 0 Å². The van der Waals surface area contributed by atoms with Gasteiger partial charge in [-0.25, -0.2) is 0 Å². The monoisotopic (exact) mass is 382 g/mol. The number of aromatic nitrogens is 1. The molecule has 4 heteroatoms. The van der Waals surface area contributed by atoms with Gasteiger partial charge < -0.3 is 9.73 Å². The van der Waals surface area contributed by atoms with Crippen LogP contribution in [-0.4, -0.2) is 10.9 Å². The van der Waals surface area contributed by atoms with Crippen LogP contribution in [0.15, 0.2) is 102 Å². The average Bonchev–Trinajstić information content (AvgIpc) is 3.27. The first-order chi connectivity index (χ1) is 14.3. The Morgan fingerprint density at radius 2 is 1.59 bits per heavy atom. The van der Waals surface area contributed by atoms with E-state index in [1.54, 1.807) is 6.20 Å². The van der Waals surface area contributed by atoms with Gasteiger partial charge in [-0.15, -0.1) is 0 Å². The van der Waals surface area contributed by atoms with Gasteiger partial charge in [0.05, 0.1) is 11.7 Å². The molecule has 0 aliphatic carbocycles. The normalized spacial score (nSPS) is 11.7. The van der Waals surface area contributed by atoms with Crippen molar-refractivity contribution in [2.45, 2.75) is 18.9 Å². The van der Waals surface area contributed by atoms with E-state index in [4.69, 9.17) is 4.42 Å². The van der Waals surface area contributed by atoms with E-state index in [-0.39, 0.29) is 11.9 Å². The Hall–Kier alpha value is -3.66. The largest absolute Gasteiger partial charge is 0.461 e. The molecule has 2 aromatic carbocycles. The highest BCUT2D eigenvalue weighted by Gasteiger charge is 2.18. The number of pyridine rings is 1. The van der Waals surface area contributed by atoms with Gasteiger partial charge in [0.2, 0.25) is 5.91 Å². The lowest BCUT2D eigenvalue weighted by molar-refractivity contribution is -0.121. The molecule has 144 valence electrons. The molecule has 29 heavy (non-hydrogen) atoms. The van der Waals surface area contributed by atoms with E-state index >= 15 is 0 Å². The fourth-order valence-electron chi connectivity index (χ4n) is 3.26. The molecule has 4 nitrogen and oxygen atoms in total. The number of hydrogen-bond acceptors (Lipinski definition) is 3. The Balaban J connectivity index is 1.42. The number of carbonyl (C=O) groups excluding carboxylic acids is 1. The Morgan fingerprint density at radius 3 is 2.31 bits per heavy atom.